The van der Waals surface area contributed by atoms with Crippen molar-refractivity contribution in [3.05, 3.63) is 12.2 Å². The third kappa shape index (κ3) is 15.3. The Balaban J connectivity index is 3.10. The molecule has 0 aromatic rings. The maximum absolute atomic E-state index is 5.65. The third-order valence-corrected chi connectivity index (χ3v) is 6.43. The maximum atomic E-state index is 5.65. The summed E-state index contributed by atoms with van der Waals surface area (Å²) in [6.45, 7) is 0. The van der Waals surface area contributed by atoms with Crippen LogP contribution in [-0.4, -0.2) is 28.7 Å². The highest BCUT2D eigenvalue weighted by molar-refractivity contribution is 6.45. The zero-order valence-electron chi connectivity index (χ0n) is 9.48. The van der Waals surface area contributed by atoms with Crippen LogP contribution in [0.25, 0.3) is 0 Å². The summed E-state index contributed by atoms with van der Waals surface area (Å²) in [5.41, 5.74) is 0. The van der Waals surface area contributed by atoms with Crippen molar-refractivity contribution in [2.75, 3.05) is 0 Å². The highest BCUT2D eigenvalue weighted by Crippen LogP contribution is 2.11. The molecule has 0 fully saturated rings. The van der Waals surface area contributed by atoms with Crippen LogP contribution in [0.2, 0.25) is 24.2 Å². The molecular formula is C10H20Cl4Si2. The van der Waals surface area contributed by atoms with Crippen LogP contribution >= 0.6 is 46.4 Å². The van der Waals surface area contributed by atoms with Crippen molar-refractivity contribution in [1.29, 1.82) is 0 Å². The van der Waals surface area contributed by atoms with Gasteiger partial charge < -0.3 is 0 Å². The van der Waals surface area contributed by atoms with Crippen molar-refractivity contribution in [2.24, 2.45) is 0 Å². The van der Waals surface area contributed by atoms with Gasteiger partial charge in [0, 0.05) is 19.0 Å². The second kappa shape index (κ2) is 12.8. The van der Waals surface area contributed by atoms with Crippen LogP contribution in [-0.2, 0) is 0 Å². The molecule has 0 saturated heterocycles. The fraction of sp³-hybridized carbons (Fsp3) is 0.800. The molecule has 96 valence electrons. The molecular weight excluding hydrogens is 318 g/mol. The van der Waals surface area contributed by atoms with Gasteiger partial charge in [-0.1, -0.05) is 24.2 Å². The molecule has 0 spiro atoms. The number of allylic oxidation sites excluding steroid dienone is 2. The average Bonchev–Trinajstić information content (AvgIpc) is 2.20. The molecule has 0 nitrogen and oxygen atoms in total. The van der Waals surface area contributed by atoms with E-state index in [4.69, 9.17) is 46.4 Å². The topological polar surface area (TPSA) is 0 Å². The van der Waals surface area contributed by atoms with Gasteiger partial charge >= 0.3 is 0 Å². The SMILES string of the molecule is ClC(Cl)CC[SiH2]CC=CC[SiH2]CCC(Cl)Cl. The number of hydrogen-bond acceptors (Lipinski definition) is 0. The Morgan fingerprint density at radius 2 is 1.12 bits per heavy atom. The summed E-state index contributed by atoms with van der Waals surface area (Å²) in [5, 5.41) is 0. The Labute approximate surface area is 124 Å². The molecule has 0 amide bonds. The minimum atomic E-state index is -0.164. The smallest absolute Gasteiger partial charge is 0.105 e. The van der Waals surface area contributed by atoms with E-state index in [0.717, 1.165) is 12.8 Å². The van der Waals surface area contributed by atoms with E-state index in [1.165, 1.54) is 24.2 Å². The molecule has 0 unspecified atom stereocenters. The Hall–Kier alpha value is 1.33. The van der Waals surface area contributed by atoms with Gasteiger partial charge in [0.1, 0.15) is 9.67 Å². The second-order valence-corrected chi connectivity index (χ2v) is 10.4. The lowest BCUT2D eigenvalue weighted by molar-refractivity contribution is 1.02. The van der Waals surface area contributed by atoms with Gasteiger partial charge in [-0.3, -0.25) is 0 Å². The maximum Gasteiger partial charge on any atom is 0.107 e. The molecule has 0 radical (unpaired) electrons. The number of halogens is 4. The summed E-state index contributed by atoms with van der Waals surface area (Å²) in [4.78, 5) is -0.328. The standard InChI is InChI=1S/C10H20Cl4Si2/c11-9(12)3-7-15-5-1-2-6-16-8-4-10(13)14/h1-2,9-10H,3-8,15-16H2. The highest BCUT2D eigenvalue weighted by atomic mass is 35.5. The Morgan fingerprint density at radius 1 is 0.750 bits per heavy atom. The molecule has 0 aliphatic heterocycles. The predicted molar refractivity (Wildman–Crippen MR) is 85.7 cm³/mol. The molecule has 0 heterocycles. The summed E-state index contributed by atoms with van der Waals surface area (Å²) in [6.07, 6.45) is 6.58. The molecule has 6 heteroatoms. The number of hydrogen-bond donors (Lipinski definition) is 0. The summed E-state index contributed by atoms with van der Waals surface area (Å²) < 4.78 is 0. The first-order valence-corrected chi connectivity index (χ1v) is 11.6. The van der Waals surface area contributed by atoms with Crippen molar-refractivity contribution >= 4 is 65.4 Å². The van der Waals surface area contributed by atoms with E-state index in [9.17, 15) is 0 Å². The number of rotatable bonds is 10. The lowest BCUT2D eigenvalue weighted by atomic mass is 10.6. The Bertz CT molecular complexity index is 156. The van der Waals surface area contributed by atoms with Crippen LogP contribution in [0, 0.1) is 0 Å². The van der Waals surface area contributed by atoms with Crippen molar-refractivity contribution < 1.29 is 0 Å². The Kier molecular flexibility index (Phi) is 13.8. The molecule has 0 rings (SSSR count). The predicted octanol–water partition coefficient (Wildman–Crippen LogP) is 3.94. The van der Waals surface area contributed by atoms with Crippen LogP contribution in [0.1, 0.15) is 12.8 Å². The quantitative estimate of drug-likeness (QED) is 0.245. The van der Waals surface area contributed by atoms with Gasteiger partial charge in [-0.2, -0.15) is 0 Å². The molecule has 0 aromatic carbocycles. The summed E-state index contributed by atoms with van der Waals surface area (Å²) in [7, 11) is 0.0673. The van der Waals surface area contributed by atoms with E-state index in [1.54, 1.807) is 0 Å². The Morgan fingerprint density at radius 3 is 1.44 bits per heavy atom. The molecule has 0 N–H and O–H groups in total. The molecule has 0 atom stereocenters. The van der Waals surface area contributed by atoms with E-state index < -0.39 is 0 Å². The second-order valence-electron chi connectivity index (χ2n) is 3.82. The molecule has 0 aromatic heterocycles. The van der Waals surface area contributed by atoms with Gasteiger partial charge in [0.2, 0.25) is 0 Å². The normalized spacial score (nSPS) is 13.6. The van der Waals surface area contributed by atoms with Crippen LogP contribution in [0.4, 0.5) is 0 Å². The summed E-state index contributed by atoms with van der Waals surface area (Å²) in [5.74, 6) is 0. The molecule has 0 saturated carbocycles. The van der Waals surface area contributed by atoms with Gasteiger partial charge in [-0.15, -0.1) is 46.4 Å². The molecule has 16 heavy (non-hydrogen) atoms. The zero-order chi connectivity index (χ0) is 12.2. The molecule has 0 bridgehead atoms. The van der Waals surface area contributed by atoms with E-state index in [2.05, 4.69) is 12.2 Å². The monoisotopic (exact) mass is 336 g/mol. The third-order valence-electron chi connectivity index (χ3n) is 2.25. The fourth-order valence-corrected chi connectivity index (χ4v) is 5.92. The molecule has 0 aliphatic carbocycles. The van der Waals surface area contributed by atoms with Crippen LogP contribution < -0.4 is 0 Å². The first-order valence-electron chi connectivity index (χ1n) is 5.84. The van der Waals surface area contributed by atoms with Crippen LogP contribution in [0.15, 0.2) is 12.2 Å². The van der Waals surface area contributed by atoms with Crippen molar-refractivity contribution in [3.63, 3.8) is 0 Å². The van der Waals surface area contributed by atoms with Crippen molar-refractivity contribution in [1.82, 2.24) is 0 Å². The summed E-state index contributed by atoms with van der Waals surface area (Å²) >= 11 is 22.6. The van der Waals surface area contributed by atoms with Gasteiger partial charge in [0.15, 0.2) is 0 Å². The van der Waals surface area contributed by atoms with Gasteiger partial charge in [-0.05, 0) is 24.9 Å². The first kappa shape index (κ1) is 17.3. The largest absolute Gasteiger partial charge is 0.107 e. The lowest BCUT2D eigenvalue weighted by Gasteiger charge is -1.98. The lowest BCUT2D eigenvalue weighted by Crippen LogP contribution is -1.93. The van der Waals surface area contributed by atoms with Gasteiger partial charge in [0.25, 0.3) is 0 Å². The number of alkyl halides is 4. The minimum Gasteiger partial charge on any atom is -0.105 e. The van der Waals surface area contributed by atoms with Gasteiger partial charge in [-0.25, -0.2) is 0 Å². The average molecular weight is 338 g/mol. The van der Waals surface area contributed by atoms with E-state index in [1.807, 2.05) is 0 Å². The van der Waals surface area contributed by atoms with Crippen molar-refractivity contribution in [3.8, 4) is 0 Å². The molecule has 0 aliphatic rings. The van der Waals surface area contributed by atoms with Gasteiger partial charge in [0.05, 0.1) is 0 Å². The minimum absolute atomic E-state index is 0.0337. The summed E-state index contributed by atoms with van der Waals surface area (Å²) in [6, 6.07) is 5.06. The van der Waals surface area contributed by atoms with E-state index in [0.29, 0.717) is 0 Å². The van der Waals surface area contributed by atoms with Crippen LogP contribution in [0.5, 0.6) is 0 Å². The van der Waals surface area contributed by atoms with E-state index in [-0.39, 0.29) is 28.7 Å². The first-order chi connectivity index (χ1) is 7.63. The highest BCUT2D eigenvalue weighted by Gasteiger charge is 1.98. The zero-order valence-corrected chi connectivity index (χ0v) is 15.3. The van der Waals surface area contributed by atoms with Crippen molar-refractivity contribution in [2.45, 2.75) is 46.7 Å². The fourth-order valence-electron chi connectivity index (χ4n) is 1.36. The van der Waals surface area contributed by atoms with Crippen LogP contribution in [0.3, 0.4) is 0 Å². The van der Waals surface area contributed by atoms with E-state index >= 15 is 0 Å².